The van der Waals surface area contributed by atoms with E-state index in [9.17, 15) is 14.4 Å². The largest absolute Gasteiger partial charge is 0.493 e. The van der Waals surface area contributed by atoms with Crippen molar-refractivity contribution in [2.24, 2.45) is 11.8 Å². The molecule has 0 aromatic heterocycles. The molecule has 2 unspecified atom stereocenters. The van der Waals surface area contributed by atoms with Crippen LogP contribution in [0.4, 0.5) is 0 Å². The van der Waals surface area contributed by atoms with Gasteiger partial charge < -0.3 is 14.3 Å². The van der Waals surface area contributed by atoms with Crippen molar-refractivity contribution in [2.45, 2.75) is 33.1 Å². The third kappa shape index (κ3) is 3.28. The number of benzene rings is 1. The minimum Gasteiger partial charge on any atom is -0.493 e. The van der Waals surface area contributed by atoms with Gasteiger partial charge in [0.15, 0.2) is 17.3 Å². The Balaban J connectivity index is 2.35. The lowest BCUT2D eigenvalue weighted by molar-refractivity contribution is -0.122. The maximum absolute atomic E-state index is 12.7. The van der Waals surface area contributed by atoms with Crippen LogP contribution in [0.1, 0.15) is 42.6 Å². The number of carbonyl (C=O) groups excluding carboxylic acids is 3. The topological polar surface area (TPSA) is 69.7 Å². The highest BCUT2D eigenvalue weighted by atomic mass is 16.5. The molecule has 2 atom stereocenters. The fourth-order valence-electron chi connectivity index (χ4n) is 3.31. The van der Waals surface area contributed by atoms with Gasteiger partial charge in [-0.25, -0.2) is 0 Å². The molecule has 0 bridgehead atoms. The maximum Gasteiger partial charge on any atom is 0.167 e. The monoisotopic (exact) mass is 318 g/mol. The second-order valence-corrected chi connectivity index (χ2v) is 5.96. The molecule has 1 aliphatic rings. The van der Waals surface area contributed by atoms with Crippen molar-refractivity contribution in [3.8, 4) is 11.5 Å². The van der Waals surface area contributed by atoms with Crippen molar-refractivity contribution < 1.29 is 23.9 Å². The predicted molar refractivity (Wildman–Crippen MR) is 85.2 cm³/mol. The zero-order valence-corrected chi connectivity index (χ0v) is 14.0. The van der Waals surface area contributed by atoms with E-state index in [1.54, 1.807) is 19.2 Å². The lowest BCUT2D eigenvalue weighted by Gasteiger charge is -2.19. The number of methoxy groups -OCH3 is 2. The van der Waals surface area contributed by atoms with Gasteiger partial charge in [0.25, 0.3) is 0 Å². The molecule has 0 fully saturated rings. The van der Waals surface area contributed by atoms with Gasteiger partial charge in [-0.1, -0.05) is 0 Å². The first-order valence-electron chi connectivity index (χ1n) is 7.68. The average Bonchev–Trinajstić information content (AvgIpc) is 2.83. The van der Waals surface area contributed by atoms with E-state index in [2.05, 4.69) is 0 Å². The molecule has 23 heavy (non-hydrogen) atoms. The Hall–Kier alpha value is -2.17. The summed E-state index contributed by atoms with van der Waals surface area (Å²) in [6.07, 6.45) is 1.16. The number of ether oxygens (including phenoxy) is 2. The first kappa shape index (κ1) is 17.2. The molecule has 1 aromatic rings. The summed E-state index contributed by atoms with van der Waals surface area (Å²) >= 11 is 0. The molecular weight excluding hydrogens is 296 g/mol. The van der Waals surface area contributed by atoms with E-state index in [-0.39, 0.29) is 17.3 Å². The van der Waals surface area contributed by atoms with E-state index in [1.165, 1.54) is 21.0 Å². The number of rotatable bonds is 7. The average molecular weight is 318 g/mol. The van der Waals surface area contributed by atoms with Crippen LogP contribution in [0.2, 0.25) is 0 Å². The van der Waals surface area contributed by atoms with Gasteiger partial charge in [-0.3, -0.25) is 9.59 Å². The van der Waals surface area contributed by atoms with Gasteiger partial charge in [-0.2, -0.15) is 0 Å². The molecule has 124 valence electrons. The number of ketones is 3. The smallest absolute Gasteiger partial charge is 0.167 e. The minimum absolute atomic E-state index is 0.0264. The zero-order chi connectivity index (χ0) is 17.1. The Morgan fingerprint density at radius 2 is 1.91 bits per heavy atom. The SMILES string of the molecule is COc1ccc2c(c1OC)CC(C(CCC(C)=O)C(C)=O)C2=O. The molecule has 0 radical (unpaired) electrons. The van der Waals surface area contributed by atoms with Crippen LogP contribution in [0, 0.1) is 11.8 Å². The van der Waals surface area contributed by atoms with Gasteiger partial charge in [0.05, 0.1) is 14.2 Å². The molecule has 0 saturated carbocycles. The molecule has 2 rings (SSSR count). The lowest BCUT2D eigenvalue weighted by atomic mass is 9.82. The van der Waals surface area contributed by atoms with E-state index in [0.717, 1.165) is 5.56 Å². The lowest BCUT2D eigenvalue weighted by Crippen LogP contribution is -2.27. The van der Waals surface area contributed by atoms with Crippen LogP contribution >= 0.6 is 0 Å². The van der Waals surface area contributed by atoms with Crippen LogP contribution in [-0.4, -0.2) is 31.6 Å². The summed E-state index contributed by atoms with van der Waals surface area (Å²) in [7, 11) is 3.08. The summed E-state index contributed by atoms with van der Waals surface area (Å²) in [5, 5.41) is 0. The van der Waals surface area contributed by atoms with E-state index < -0.39 is 11.8 Å². The van der Waals surface area contributed by atoms with Crippen molar-refractivity contribution in [3.63, 3.8) is 0 Å². The molecule has 0 saturated heterocycles. The number of hydrogen-bond donors (Lipinski definition) is 0. The standard InChI is InChI=1S/C18H22O5/c1-10(19)5-6-12(11(2)20)14-9-15-13(17(14)21)7-8-16(22-3)18(15)23-4/h7-8,12,14H,5-6,9H2,1-4H3. The van der Waals surface area contributed by atoms with E-state index >= 15 is 0 Å². The first-order valence-corrected chi connectivity index (χ1v) is 7.68. The molecule has 0 N–H and O–H groups in total. The third-order valence-corrected chi connectivity index (χ3v) is 4.49. The van der Waals surface area contributed by atoms with Crippen LogP contribution in [0.15, 0.2) is 12.1 Å². The highest BCUT2D eigenvalue weighted by molar-refractivity contribution is 6.05. The van der Waals surface area contributed by atoms with E-state index in [4.69, 9.17) is 9.47 Å². The van der Waals surface area contributed by atoms with Crippen LogP contribution in [0.5, 0.6) is 11.5 Å². The number of carbonyl (C=O) groups is 3. The molecule has 0 spiro atoms. The van der Waals surface area contributed by atoms with E-state index in [0.29, 0.717) is 36.3 Å². The summed E-state index contributed by atoms with van der Waals surface area (Å²) in [4.78, 5) is 36.0. The Morgan fingerprint density at radius 1 is 1.22 bits per heavy atom. The van der Waals surface area contributed by atoms with Crippen LogP contribution < -0.4 is 9.47 Å². The van der Waals surface area contributed by atoms with Crippen molar-refractivity contribution in [1.29, 1.82) is 0 Å². The zero-order valence-electron chi connectivity index (χ0n) is 14.0. The minimum atomic E-state index is -0.436. The second-order valence-electron chi connectivity index (χ2n) is 5.96. The van der Waals surface area contributed by atoms with Crippen molar-refractivity contribution in [3.05, 3.63) is 23.3 Å². The Morgan fingerprint density at radius 3 is 2.43 bits per heavy atom. The molecule has 0 aliphatic heterocycles. The number of Topliss-reactive ketones (excluding diaryl/α,β-unsaturated/α-hetero) is 3. The van der Waals surface area contributed by atoms with Gasteiger partial charge in [0.1, 0.15) is 11.6 Å². The second kappa shape index (κ2) is 6.94. The maximum atomic E-state index is 12.7. The molecule has 5 heteroatoms. The fraction of sp³-hybridized carbons (Fsp3) is 0.500. The van der Waals surface area contributed by atoms with Crippen LogP contribution in [-0.2, 0) is 16.0 Å². The highest BCUT2D eigenvalue weighted by Crippen LogP contribution is 2.42. The molecular formula is C18H22O5. The first-order chi connectivity index (χ1) is 10.9. The molecule has 1 aliphatic carbocycles. The third-order valence-electron chi connectivity index (χ3n) is 4.49. The van der Waals surface area contributed by atoms with Gasteiger partial charge in [0, 0.05) is 29.4 Å². The van der Waals surface area contributed by atoms with E-state index in [1.807, 2.05) is 0 Å². The van der Waals surface area contributed by atoms with Gasteiger partial charge in [-0.15, -0.1) is 0 Å². The summed E-state index contributed by atoms with van der Waals surface area (Å²) < 4.78 is 10.7. The quantitative estimate of drug-likeness (QED) is 0.773. The van der Waals surface area contributed by atoms with Crippen LogP contribution in [0.25, 0.3) is 0 Å². The fourth-order valence-corrected chi connectivity index (χ4v) is 3.31. The highest BCUT2D eigenvalue weighted by Gasteiger charge is 2.40. The molecule has 5 nitrogen and oxygen atoms in total. The summed E-state index contributed by atoms with van der Waals surface area (Å²) in [5.41, 5.74) is 1.37. The molecule has 0 heterocycles. The van der Waals surface area contributed by atoms with Crippen molar-refractivity contribution >= 4 is 17.3 Å². The number of hydrogen-bond acceptors (Lipinski definition) is 5. The van der Waals surface area contributed by atoms with Crippen molar-refractivity contribution in [2.75, 3.05) is 14.2 Å². The Bertz CT molecular complexity index is 647. The Labute approximate surface area is 136 Å². The van der Waals surface area contributed by atoms with Crippen LogP contribution in [0.3, 0.4) is 0 Å². The predicted octanol–water partition coefficient (Wildman–Crippen LogP) is 2.63. The normalized spacial score (nSPS) is 17.6. The van der Waals surface area contributed by atoms with Gasteiger partial charge in [0.2, 0.25) is 0 Å². The summed E-state index contributed by atoms with van der Waals surface area (Å²) in [5.74, 6) is 0.182. The molecule has 0 amide bonds. The van der Waals surface area contributed by atoms with Crippen molar-refractivity contribution in [1.82, 2.24) is 0 Å². The molecule has 1 aromatic carbocycles. The van der Waals surface area contributed by atoms with Gasteiger partial charge >= 0.3 is 0 Å². The summed E-state index contributed by atoms with van der Waals surface area (Å²) in [6, 6.07) is 3.43. The van der Waals surface area contributed by atoms with Gasteiger partial charge in [-0.05, 0) is 38.8 Å². The Kier molecular flexibility index (Phi) is 5.19. The summed E-state index contributed by atoms with van der Waals surface area (Å²) in [6.45, 7) is 2.98. The number of fused-ring (bicyclic) bond motifs is 1.